The van der Waals surface area contributed by atoms with Crippen LogP contribution in [-0.4, -0.2) is 59.1 Å². The van der Waals surface area contributed by atoms with Crippen LogP contribution in [0.5, 0.6) is 5.88 Å². The highest BCUT2D eigenvalue weighted by molar-refractivity contribution is 7.80. The van der Waals surface area contributed by atoms with Crippen LogP contribution in [0.25, 0.3) is 10.9 Å². The van der Waals surface area contributed by atoms with Crippen molar-refractivity contribution < 1.29 is 9.84 Å². The van der Waals surface area contributed by atoms with E-state index in [2.05, 4.69) is 20.4 Å². The summed E-state index contributed by atoms with van der Waals surface area (Å²) in [5, 5.41) is 23.1. The molecule has 1 aromatic carbocycles. The van der Waals surface area contributed by atoms with Crippen molar-refractivity contribution in [2.75, 3.05) is 39.4 Å². The number of nitrogens with one attached hydrogen (secondary N) is 1. The maximum atomic E-state index is 10.5. The van der Waals surface area contributed by atoms with Gasteiger partial charge in [0.2, 0.25) is 11.0 Å². The Kier molecular flexibility index (Phi) is 6.18. The molecule has 3 rings (SSSR count). The molecule has 1 saturated heterocycles. The predicted molar refractivity (Wildman–Crippen MR) is 106 cm³/mol. The van der Waals surface area contributed by atoms with E-state index in [0.717, 1.165) is 49.3 Å². The van der Waals surface area contributed by atoms with Gasteiger partial charge in [0.05, 0.1) is 18.7 Å². The number of thiocarbonyl (C=S) groups is 1. The zero-order valence-corrected chi connectivity index (χ0v) is 16.1. The predicted octanol–water partition coefficient (Wildman–Crippen LogP) is 2.97. The van der Waals surface area contributed by atoms with Gasteiger partial charge in [-0.25, -0.2) is 0 Å². The first kappa shape index (κ1) is 18.8. The van der Waals surface area contributed by atoms with Crippen molar-refractivity contribution in [3.63, 3.8) is 0 Å². The topological polar surface area (TPSA) is 74.4 Å². The van der Waals surface area contributed by atoms with E-state index in [1.165, 1.54) is 0 Å². The van der Waals surface area contributed by atoms with Gasteiger partial charge in [0, 0.05) is 38.1 Å². The summed E-state index contributed by atoms with van der Waals surface area (Å²) in [6.45, 7) is 9.70. The Balaban J connectivity index is 1.66. The molecule has 140 valence electrons. The molecular formula is C18H25N5O2S. The molecule has 1 fully saturated rings. The Bertz CT molecular complexity index is 812. The lowest BCUT2D eigenvalue weighted by molar-refractivity contribution is 0.0389. The summed E-state index contributed by atoms with van der Waals surface area (Å²) in [5.41, 5.74) is 2.51. The van der Waals surface area contributed by atoms with Crippen molar-refractivity contribution in [2.45, 2.75) is 20.4 Å². The number of aryl methyl sites for hydroxylation is 2. The van der Waals surface area contributed by atoms with Crippen LogP contribution in [0.15, 0.2) is 28.4 Å². The molecule has 0 aliphatic carbocycles. The number of azo groups is 1. The molecule has 0 bridgehead atoms. The zero-order chi connectivity index (χ0) is 18.5. The normalized spacial score (nSPS) is 15.8. The average molecular weight is 375 g/mol. The van der Waals surface area contributed by atoms with Gasteiger partial charge in [0.1, 0.15) is 0 Å². The number of fused-ring (bicyclic) bond motifs is 1. The summed E-state index contributed by atoms with van der Waals surface area (Å²) in [5.74, 6) is 0.118. The van der Waals surface area contributed by atoms with Crippen LogP contribution in [0.2, 0.25) is 0 Å². The number of aromatic hydroxyl groups is 1. The van der Waals surface area contributed by atoms with E-state index in [-0.39, 0.29) is 5.88 Å². The van der Waals surface area contributed by atoms with E-state index in [9.17, 15) is 5.11 Å². The Morgan fingerprint density at radius 1 is 1.35 bits per heavy atom. The van der Waals surface area contributed by atoms with E-state index in [4.69, 9.17) is 17.0 Å². The SMILES string of the molecule is CCn1c(O)c(N=NC(=S)NCCN2CCOCC2)c2cc(C)ccc21. The Labute approximate surface area is 158 Å². The van der Waals surface area contributed by atoms with Crippen LogP contribution in [0.4, 0.5) is 5.69 Å². The Morgan fingerprint density at radius 3 is 2.85 bits per heavy atom. The number of ether oxygens (including phenoxy) is 1. The molecule has 7 nitrogen and oxygen atoms in total. The first-order valence-electron chi connectivity index (χ1n) is 8.91. The number of nitrogens with zero attached hydrogens (tertiary/aromatic N) is 4. The van der Waals surface area contributed by atoms with Crippen molar-refractivity contribution in [3.8, 4) is 5.88 Å². The highest BCUT2D eigenvalue weighted by Crippen LogP contribution is 2.39. The molecule has 2 aromatic rings. The molecule has 0 unspecified atom stereocenters. The monoisotopic (exact) mass is 375 g/mol. The number of rotatable bonds is 5. The maximum absolute atomic E-state index is 10.5. The second-order valence-electron chi connectivity index (χ2n) is 6.32. The van der Waals surface area contributed by atoms with Gasteiger partial charge in [-0.05, 0) is 38.2 Å². The summed E-state index contributed by atoms with van der Waals surface area (Å²) in [4.78, 5) is 2.32. The average Bonchev–Trinajstić information content (AvgIpc) is 2.91. The van der Waals surface area contributed by atoms with Crippen molar-refractivity contribution >= 4 is 33.9 Å². The van der Waals surface area contributed by atoms with Gasteiger partial charge in [0.15, 0.2) is 5.69 Å². The van der Waals surface area contributed by atoms with Crippen LogP contribution in [0.3, 0.4) is 0 Å². The summed E-state index contributed by atoms with van der Waals surface area (Å²) in [6.07, 6.45) is 0. The first-order valence-corrected chi connectivity index (χ1v) is 9.32. The lowest BCUT2D eigenvalue weighted by Gasteiger charge is -2.26. The van der Waals surface area contributed by atoms with Gasteiger partial charge in [0.25, 0.3) is 0 Å². The van der Waals surface area contributed by atoms with Crippen LogP contribution in [0.1, 0.15) is 12.5 Å². The highest BCUT2D eigenvalue weighted by atomic mass is 32.1. The standard InChI is InChI=1S/C18H25N5O2S/c1-3-23-15-5-4-13(2)12-14(15)16(17(23)24)20-21-18(26)19-6-7-22-8-10-25-11-9-22/h4-5,12,24H,3,6-11H2,1-2H3,(H,19,26). The molecule has 0 spiro atoms. The van der Waals surface area contributed by atoms with E-state index in [1.807, 2.05) is 36.6 Å². The molecule has 1 aromatic heterocycles. The van der Waals surface area contributed by atoms with Crippen molar-refractivity contribution in [2.24, 2.45) is 10.2 Å². The van der Waals surface area contributed by atoms with Gasteiger partial charge in [-0.1, -0.05) is 11.6 Å². The third-order valence-electron chi connectivity index (χ3n) is 4.53. The van der Waals surface area contributed by atoms with Crippen LogP contribution in [-0.2, 0) is 11.3 Å². The van der Waals surface area contributed by atoms with Gasteiger partial charge >= 0.3 is 0 Å². The summed E-state index contributed by atoms with van der Waals surface area (Å²) in [6, 6.07) is 6.02. The van der Waals surface area contributed by atoms with Crippen molar-refractivity contribution in [1.82, 2.24) is 14.8 Å². The molecule has 2 N–H and O–H groups in total. The first-order chi connectivity index (χ1) is 12.6. The molecule has 0 radical (unpaired) electrons. The maximum Gasteiger partial charge on any atom is 0.220 e. The number of hydrogen-bond donors (Lipinski definition) is 2. The number of hydrogen-bond acceptors (Lipinski definition) is 5. The summed E-state index contributed by atoms with van der Waals surface area (Å²) >= 11 is 5.24. The lowest BCUT2D eigenvalue weighted by Crippen LogP contribution is -2.40. The molecule has 1 aliphatic heterocycles. The molecule has 2 heterocycles. The van der Waals surface area contributed by atoms with Crippen LogP contribution in [0, 0.1) is 6.92 Å². The molecule has 8 heteroatoms. The fourth-order valence-electron chi connectivity index (χ4n) is 3.13. The van der Waals surface area contributed by atoms with Gasteiger partial charge in [-0.3, -0.25) is 4.90 Å². The Hall–Kier alpha value is -2.03. The van der Waals surface area contributed by atoms with Crippen LogP contribution < -0.4 is 5.32 Å². The molecule has 0 amide bonds. The van der Waals surface area contributed by atoms with Gasteiger partial charge in [-0.15, -0.1) is 10.2 Å². The number of benzene rings is 1. The fourth-order valence-corrected chi connectivity index (χ4v) is 3.28. The largest absolute Gasteiger partial charge is 0.493 e. The molecule has 0 atom stereocenters. The third-order valence-corrected chi connectivity index (χ3v) is 4.76. The molecule has 26 heavy (non-hydrogen) atoms. The molecular weight excluding hydrogens is 350 g/mol. The molecule has 1 aliphatic rings. The Morgan fingerprint density at radius 2 is 2.12 bits per heavy atom. The minimum absolute atomic E-state index is 0.118. The minimum atomic E-state index is 0.118. The van der Waals surface area contributed by atoms with E-state index in [1.54, 1.807) is 0 Å². The minimum Gasteiger partial charge on any atom is -0.493 e. The third kappa shape index (κ3) is 4.20. The van der Waals surface area contributed by atoms with Crippen molar-refractivity contribution in [1.29, 1.82) is 0 Å². The number of morpholine rings is 1. The van der Waals surface area contributed by atoms with Crippen LogP contribution >= 0.6 is 12.2 Å². The van der Waals surface area contributed by atoms with E-state index < -0.39 is 0 Å². The lowest BCUT2D eigenvalue weighted by atomic mass is 10.1. The highest BCUT2D eigenvalue weighted by Gasteiger charge is 2.16. The summed E-state index contributed by atoms with van der Waals surface area (Å²) < 4.78 is 7.15. The smallest absolute Gasteiger partial charge is 0.220 e. The van der Waals surface area contributed by atoms with E-state index >= 15 is 0 Å². The zero-order valence-electron chi connectivity index (χ0n) is 15.2. The second kappa shape index (κ2) is 8.57. The van der Waals surface area contributed by atoms with Gasteiger partial charge in [-0.2, -0.15) is 0 Å². The van der Waals surface area contributed by atoms with Crippen molar-refractivity contribution in [3.05, 3.63) is 23.8 Å². The van der Waals surface area contributed by atoms with E-state index in [0.29, 0.717) is 23.9 Å². The summed E-state index contributed by atoms with van der Waals surface area (Å²) in [7, 11) is 0. The fraction of sp³-hybridized carbons (Fsp3) is 0.500. The molecule has 0 saturated carbocycles. The second-order valence-corrected chi connectivity index (χ2v) is 6.71. The number of aromatic nitrogens is 1. The quantitative estimate of drug-likeness (QED) is 0.621. The van der Waals surface area contributed by atoms with Gasteiger partial charge < -0.3 is 19.7 Å².